The van der Waals surface area contributed by atoms with Crippen molar-refractivity contribution in [3.05, 3.63) is 29.3 Å². The van der Waals surface area contributed by atoms with E-state index in [-0.39, 0.29) is 0 Å². The van der Waals surface area contributed by atoms with Gasteiger partial charge in [0.15, 0.2) is 0 Å². The molecule has 0 saturated carbocycles. The third-order valence-corrected chi connectivity index (χ3v) is 1.88. The third-order valence-electron chi connectivity index (χ3n) is 1.56. The molecular weight excluding hydrogens is 155 g/mol. The highest BCUT2D eigenvalue weighted by Crippen LogP contribution is 2.24. The van der Waals surface area contributed by atoms with Gasteiger partial charge < -0.3 is 4.52 Å². The first kappa shape index (κ1) is 8.29. The minimum absolute atomic E-state index is 0.706. The fourth-order valence-electron chi connectivity index (χ4n) is 1.01. The molecule has 0 aliphatic heterocycles. The van der Waals surface area contributed by atoms with E-state index >= 15 is 0 Å². The first-order valence-electron chi connectivity index (χ1n) is 3.45. The van der Waals surface area contributed by atoms with Crippen LogP contribution >= 0.6 is 8.43 Å². The molecule has 0 aromatic heterocycles. The molecular formula is C9H11OP. The number of rotatable bonds is 2. The quantitative estimate of drug-likeness (QED) is 0.613. The van der Waals surface area contributed by atoms with Crippen LogP contribution in [0.2, 0.25) is 0 Å². The normalized spacial score (nSPS) is 10.0. The summed E-state index contributed by atoms with van der Waals surface area (Å²) in [4.78, 5) is 0. The van der Waals surface area contributed by atoms with Crippen molar-refractivity contribution < 1.29 is 4.52 Å². The first-order valence-corrected chi connectivity index (χ1v) is 4.44. The minimum Gasteiger partial charge on any atom is -0.440 e. The molecule has 0 amide bonds. The van der Waals surface area contributed by atoms with Crippen LogP contribution in [0, 0.1) is 13.8 Å². The summed E-state index contributed by atoms with van der Waals surface area (Å²) >= 11 is 0. The summed E-state index contributed by atoms with van der Waals surface area (Å²) in [6.45, 7) is 4.07. The number of hydrogen-bond donors (Lipinski definition) is 0. The van der Waals surface area contributed by atoms with Gasteiger partial charge in [-0.1, -0.05) is 18.2 Å². The predicted molar refractivity (Wildman–Crippen MR) is 50.6 cm³/mol. The molecule has 1 rings (SSSR count). The molecule has 11 heavy (non-hydrogen) atoms. The summed E-state index contributed by atoms with van der Waals surface area (Å²) < 4.78 is 5.33. The Bertz CT molecular complexity index is 248. The molecule has 0 atom stereocenters. The average molecular weight is 166 g/mol. The predicted octanol–water partition coefficient (Wildman–Crippen LogP) is 2.98. The zero-order valence-corrected chi connectivity index (χ0v) is 7.69. The molecule has 1 aromatic rings. The van der Waals surface area contributed by atoms with Crippen LogP contribution in [0.1, 0.15) is 11.1 Å². The van der Waals surface area contributed by atoms with Gasteiger partial charge in [0.05, 0.1) is 0 Å². The lowest BCUT2D eigenvalue weighted by molar-refractivity contribution is 0.631. The zero-order valence-electron chi connectivity index (χ0n) is 6.79. The molecule has 0 unspecified atom stereocenters. The van der Waals surface area contributed by atoms with Crippen LogP contribution in [0.25, 0.3) is 0 Å². The minimum atomic E-state index is 0.706. The number of hydrogen-bond acceptors (Lipinski definition) is 1. The Kier molecular flexibility index (Phi) is 2.67. The van der Waals surface area contributed by atoms with E-state index in [9.17, 15) is 0 Å². The maximum atomic E-state index is 5.33. The zero-order chi connectivity index (χ0) is 8.27. The molecule has 0 saturated heterocycles. The van der Waals surface area contributed by atoms with Crippen molar-refractivity contribution in [2.45, 2.75) is 13.8 Å². The van der Waals surface area contributed by atoms with E-state index in [1.165, 1.54) is 11.1 Å². The Morgan fingerprint density at radius 3 is 2.27 bits per heavy atom. The SMILES string of the molecule is C=POc1c(C)cccc1C. The maximum absolute atomic E-state index is 5.33. The largest absolute Gasteiger partial charge is 0.440 e. The monoisotopic (exact) mass is 166 g/mol. The molecule has 0 spiro atoms. The standard InChI is InChI=1S/C9H11OP/c1-7-5-4-6-8(2)9(7)10-11-3/h4-6H,3H2,1-2H3. The van der Waals surface area contributed by atoms with Crippen LogP contribution in [0.4, 0.5) is 0 Å². The summed E-state index contributed by atoms with van der Waals surface area (Å²) in [5.74, 6) is 0.962. The van der Waals surface area contributed by atoms with Crippen molar-refractivity contribution in [1.29, 1.82) is 0 Å². The van der Waals surface area contributed by atoms with E-state index in [2.05, 4.69) is 6.30 Å². The molecule has 0 aliphatic carbocycles. The lowest BCUT2D eigenvalue weighted by Gasteiger charge is -2.05. The van der Waals surface area contributed by atoms with Gasteiger partial charge in [0.25, 0.3) is 0 Å². The van der Waals surface area contributed by atoms with Crippen molar-refractivity contribution in [2.75, 3.05) is 0 Å². The Hall–Kier alpha value is -0.810. The van der Waals surface area contributed by atoms with E-state index in [1.54, 1.807) is 0 Å². The third kappa shape index (κ3) is 1.81. The highest BCUT2D eigenvalue weighted by molar-refractivity contribution is 7.31. The summed E-state index contributed by atoms with van der Waals surface area (Å²) in [5.41, 5.74) is 2.34. The summed E-state index contributed by atoms with van der Waals surface area (Å²) in [5, 5.41) is 0. The molecule has 0 radical (unpaired) electrons. The summed E-state index contributed by atoms with van der Waals surface area (Å²) in [6, 6.07) is 6.10. The van der Waals surface area contributed by atoms with Gasteiger partial charge in [-0.3, -0.25) is 0 Å². The van der Waals surface area contributed by atoms with Crippen molar-refractivity contribution in [2.24, 2.45) is 0 Å². The summed E-state index contributed by atoms with van der Waals surface area (Å²) in [7, 11) is 0.706. The molecule has 58 valence electrons. The Balaban J connectivity index is 3.09. The van der Waals surface area contributed by atoms with E-state index in [0.717, 1.165) is 5.75 Å². The Morgan fingerprint density at radius 2 is 1.82 bits per heavy atom. The van der Waals surface area contributed by atoms with Gasteiger partial charge in [-0.25, -0.2) is 0 Å². The molecule has 1 aromatic carbocycles. The highest BCUT2D eigenvalue weighted by Gasteiger charge is 1.99. The van der Waals surface area contributed by atoms with E-state index in [4.69, 9.17) is 4.52 Å². The van der Waals surface area contributed by atoms with Crippen molar-refractivity contribution >= 4 is 14.7 Å². The van der Waals surface area contributed by atoms with E-state index < -0.39 is 0 Å². The number of benzene rings is 1. The van der Waals surface area contributed by atoms with Crippen molar-refractivity contribution in [1.82, 2.24) is 0 Å². The van der Waals surface area contributed by atoms with Crippen LogP contribution in [0.15, 0.2) is 18.2 Å². The number of aryl methyl sites for hydroxylation is 2. The lowest BCUT2D eigenvalue weighted by atomic mass is 10.1. The van der Waals surface area contributed by atoms with Gasteiger partial charge in [-0.2, -0.15) is 0 Å². The molecule has 0 fully saturated rings. The van der Waals surface area contributed by atoms with Crippen molar-refractivity contribution in [3.63, 3.8) is 0 Å². The fourth-order valence-corrected chi connectivity index (χ4v) is 1.42. The van der Waals surface area contributed by atoms with E-state index in [1.807, 2.05) is 32.0 Å². The molecule has 0 N–H and O–H groups in total. The van der Waals surface area contributed by atoms with Gasteiger partial charge >= 0.3 is 0 Å². The van der Waals surface area contributed by atoms with Gasteiger partial charge in [0, 0.05) is 0 Å². The van der Waals surface area contributed by atoms with Crippen LogP contribution in [0.3, 0.4) is 0 Å². The molecule has 0 bridgehead atoms. The van der Waals surface area contributed by atoms with Crippen LogP contribution in [0.5, 0.6) is 5.75 Å². The van der Waals surface area contributed by atoms with Gasteiger partial charge in [0.1, 0.15) is 14.2 Å². The second-order valence-electron chi connectivity index (χ2n) is 2.44. The summed E-state index contributed by atoms with van der Waals surface area (Å²) in [6.07, 6.45) is 3.61. The van der Waals surface area contributed by atoms with Gasteiger partial charge in [-0.05, 0) is 31.3 Å². The molecule has 2 heteroatoms. The van der Waals surface area contributed by atoms with E-state index in [0.29, 0.717) is 8.43 Å². The smallest absolute Gasteiger partial charge is 0.137 e. The lowest BCUT2D eigenvalue weighted by Crippen LogP contribution is -1.84. The molecule has 1 nitrogen and oxygen atoms in total. The van der Waals surface area contributed by atoms with Gasteiger partial charge in [-0.15, -0.1) is 0 Å². The van der Waals surface area contributed by atoms with Crippen LogP contribution in [-0.4, -0.2) is 6.30 Å². The fraction of sp³-hybridized carbons (Fsp3) is 0.222. The Morgan fingerprint density at radius 1 is 1.27 bits per heavy atom. The highest BCUT2D eigenvalue weighted by atomic mass is 31.1. The Labute approximate surface area is 68.9 Å². The number of para-hydroxylation sites is 1. The second kappa shape index (κ2) is 3.54. The topological polar surface area (TPSA) is 9.23 Å². The average Bonchev–Trinajstić information content (AvgIpc) is 1.97. The second-order valence-corrected chi connectivity index (χ2v) is 2.88. The van der Waals surface area contributed by atoms with Crippen LogP contribution < -0.4 is 4.52 Å². The molecule has 0 heterocycles. The van der Waals surface area contributed by atoms with Gasteiger partial charge in [0.2, 0.25) is 0 Å². The molecule has 0 aliphatic rings. The maximum Gasteiger partial charge on any atom is 0.137 e. The van der Waals surface area contributed by atoms with Crippen LogP contribution in [-0.2, 0) is 0 Å². The van der Waals surface area contributed by atoms with Crippen molar-refractivity contribution in [3.8, 4) is 5.75 Å². The first-order chi connectivity index (χ1) is 5.25.